The number of ether oxygens (including phenoxy) is 1. The lowest BCUT2D eigenvalue weighted by molar-refractivity contribution is 0.172. The second-order valence-electron chi connectivity index (χ2n) is 4.91. The summed E-state index contributed by atoms with van der Waals surface area (Å²) in [4.78, 5) is 10.9. The zero-order valence-corrected chi connectivity index (χ0v) is 10.9. The molecule has 4 nitrogen and oxygen atoms in total. The van der Waals surface area contributed by atoms with Crippen molar-refractivity contribution in [3.05, 3.63) is 70.1 Å². The lowest BCUT2D eigenvalue weighted by Gasteiger charge is -2.29. The Morgan fingerprint density at radius 2 is 2.00 bits per heavy atom. The van der Waals surface area contributed by atoms with E-state index in [9.17, 15) is 10.0 Å². The highest BCUT2D eigenvalue weighted by molar-refractivity contribution is 5.46. The van der Waals surface area contributed by atoms with Crippen LogP contribution in [0.4, 0.5) is 0 Å². The van der Waals surface area contributed by atoms with Crippen molar-refractivity contribution in [2.75, 3.05) is 0 Å². The minimum atomic E-state index is -0.660. The van der Waals surface area contributed by atoms with Gasteiger partial charge >= 0.3 is 0 Å². The molecule has 1 heterocycles. The maximum Gasteiger partial charge on any atom is 0.230 e. The van der Waals surface area contributed by atoms with Crippen LogP contribution in [-0.2, 0) is 6.61 Å². The topological polar surface area (TPSA) is 58.9 Å². The van der Waals surface area contributed by atoms with E-state index in [0.717, 1.165) is 16.7 Å². The van der Waals surface area contributed by atoms with E-state index in [1.54, 1.807) is 12.1 Å². The van der Waals surface area contributed by atoms with Crippen LogP contribution in [0.3, 0.4) is 0 Å². The molecular weight excluding hydrogens is 254 g/mol. The van der Waals surface area contributed by atoms with Gasteiger partial charge < -0.3 is 9.84 Å². The van der Waals surface area contributed by atoms with Crippen molar-refractivity contribution in [3.63, 3.8) is 0 Å². The van der Waals surface area contributed by atoms with Gasteiger partial charge in [0.05, 0.1) is 6.61 Å². The summed E-state index contributed by atoms with van der Waals surface area (Å²) < 4.78 is 5.57. The number of benzene rings is 2. The van der Waals surface area contributed by atoms with Crippen molar-refractivity contribution >= 4 is 0 Å². The third kappa shape index (κ3) is 2.30. The van der Waals surface area contributed by atoms with Gasteiger partial charge in [-0.25, -0.2) is 0 Å². The maximum atomic E-state index is 10.9. The molecule has 1 aliphatic heterocycles. The Hall–Kier alpha value is -2.20. The fourth-order valence-electron chi connectivity index (χ4n) is 2.66. The Balaban J connectivity index is 2.08. The molecule has 2 unspecified atom stereocenters. The molecule has 0 aliphatic carbocycles. The second-order valence-corrected chi connectivity index (χ2v) is 4.91. The summed E-state index contributed by atoms with van der Waals surface area (Å²) >= 11 is 0. The SMILES string of the molecule is O=NC1CC(c2ccccc2)c2cc(CO)ccc2O1. The van der Waals surface area contributed by atoms with E-state index in [1.165, 1.54) is 0 Å². The zero-order chi connectivity index (χ0) is 13.9. The summed E-state index contributed by atoms with van der Waals surface area (Å²) in [6, 6.07) is 15.5. The highest BCUT2D eigenvalue weighted by Crippen LogP contribution is 2.41. The Kier molecular flexibility index (Phi) is 3.48. The van der Waals surface area contributed by atoms with Crippen LogP contribution in [0.2, 0.25) is 0 Å². The lowest BCUT2D eigenvalue weighted by Crippen LogP contribution is -2.24. The first-order valence-electron chi connectivity index (χ1n) is 6.59. The average molecular weight is 269 g/mol. The second kappa shape index (κ2) is 5.43. The van der Waals surface area contributed by atoms with Gasteiger partial charge in [-0.1, -0.05) is 36.4 Å². The predicted molar refractivity (Wildman–Crippen MR) is 75.5 cm³/mol. The van der Waals surface area contributed by atoms with E-state index in [1.807, 2.05) is 36.4 Å². The first-order chi connectivity index (χ1) is 9.81. The summed E-state index contributed by atoms with van der Waals surface area (Å²) in [5.41, 5.74) is 2.97. The van der Waals surface area contributed by atoms with E-state index in [-0.39, 0.29) is 12.5 Å². The molecule has 20 heavy (non-hydrogen) atoms. The largest absolute Gasteiger partial charge is 0.465 e. The van der Waals surface area contributed by atoms with Crippen molar-refractivity contribution < 1.29 is 9.84 Å². The molecule has 0 saturated carbocycles. The van der Waals surface area contributed by atoms with E-state index in [4.69, 9.17) is 4.74 Å². The highest BCUT2D eigenvalue weighted by atomic mass is 16.5. The van der Waals surface area contributed by atoms with Crippen molar-refractivity contribution in [1.82, 2.24) is 0 Å². The van der Waals surface area contributed by atoms with E-state index >= 15 is 0 Å². The molecule has 2 atom stereocenters. The Morgan fingerprint density at radius 3 is 2.70 bits per heavy atom. The van der Waals surface area contributed by atoms with Gasteiger partial charge in [-0.15, -0.1) is 4.91 Å². The van der Waals surface area contributed by atoms with Crippen molar-refractivity contribution in [2.45, 2.75) is 25.2 Å². The molecule has 0 radical (unpaired) electrons. The first-order valence-corrected chi connectivity index (χ1v) is 6.59. The molecule has 0 fully saturated rings. The molecule has 0 spiro atoms. The van der Waals surface area contributed by atoms with Gasteiger partial charge in [-0.05, 0) is 28.4 Å². The van der Waals surface area contributed by atoms with Crippen molar-refractivity contribution in [1.29, 1.82) is 0 Å². The number of hydrogen-bond acceptors (Lipinski definition) is 4. The Bertz CT molecular complexity index is 612. The molecule has 102 valence electrons. The van der Waals surface area contributed by atoms with Gasteiger partial charge in [0.15, 0.2) is 0 Å². The highest BCUT2D eigenvalue weighted by Gasteiger charge is 2.30. The molecule has 2 aromatic rings. The normalized spacial score (nSPS) is 20.9. The fourth-order valence-corrected chi connectivity index (χ4v) is 2.66. The third-order valence-electron chi connectivity index (χ3n) is 3.65. The summed E-state index contributed by atoms with van der Waals surface area (Å²) in [5, 5.41) is 12.3. The van der Waals surface area contributed by atoms with Crippen LogP contribution in [0.25, 0.3) is 0 Å². The third-order valence-corrected chi connectivity index (χ3v) is 3.65. The molecular formula is C16H15NO3. The zero-order valence-electron chi connectivity index (χ0n) is 10.9. The van der Waals surface area contributed by atoms with Crippen LogP contribution in [0, 0.1) is 4.91 Å². The molecule has 1 N–H and O–H groups in total. The summed E-state index contributed by atoms with van der Waals surface area (Å²) in [7, 11) is 0. The number of rotatable bonds is 3. The molecule has 4 heteroatoms. The van der Waals surface area contributed by atoms with Crippen LogP contribution in [0.5, 0.6) is 5.75 Å². The van der Waals surface area contributed by atoms with E-state index < -0.39 is 6.23 Å². The van der Waals surface area contributed by atoms with Gasteiger partial charge in [0, 0.05) is 17.9 Å². The average Bonchev–Trinajstić information content (AvgIpc) is 2.54. The minimum absolute atomic E-state index is 0.00977. The van der Waals surface area contributed by atoms with Crippen LogP contribution < -0.4 is 4.74 Å². The fraction of sp³-hybridized carbons (Fsp3) is 0.250. The van der Waals surface area contributed by atoms with Crippen LogP contribution in [-0.4, -0.2) is 11.3 Å². The van der Waals surface area contributed by atoms with Crippen molar-refractivity contribution in [2.24, 2.45) is 5.18 Å². The van der Waals surface area contributed by atoms with Gasteiger partial charge in [0.2, 0.25) is 6.23 Å². The van der Waals surface area contributed by atoms with Crippen LogP contribution >= 0.6 is 0 Å². The minimum Gasteiger partial charge on any atom is -0.465 e. The first kappa shape index (κ1) is 12.8. The monoisotopic (exact) mass is 269 g/mol. The Labute approximate surface area is 117 Å². The Morgan fingerprint density at radius 1 is 1.20 bits per heavy atom. The molecule has 0 bridgehead atoms. The molecule has 0 saturated heterocycles. The van der Waals surface area contributed by atoms with E-state index in [0.29, 0.717) is 12.2 Å². The predicted octanol–water partition coefficient (Wildman–Crippen LogP) is 3.19. The number of nitroso groups, excluding NO2 is 1. The van der Waals surface area contributed by atoms with Gasteiger partial charge in [-0.2, -0.15) is 0 Å². The molecule has 1 aliphatic rings. The van der Waals surface area contributed by atoms with Crippen LogP contribution in [0.15, 0.2) is 53.7 Å². The number of hydrogen-bond donors (Lipinski definition) is 1. The molecule has 2 aromatic carbocycles. The summed E-state index contributed by atoms with van der Waals surface area (Å²) in [6.07, 6.45) is -0.136. The quantitative estimate of drug-likeness (QED) is 0.870. The summed E-state index contributed by atoms with van der Waals surface area (Å²) in [6.45, 7) is -0.00977. The summed E-state index contributed by atoms with van der Waals surface area (Å²) in [5.74, 6) is 0.737. The number of nitrogens with zero attached hydrogens (tertiary/aromatic N) is 1. The number of fused-ring (bicyclic) bond motifs is 1. The van der Waals surface area contributed by atoms with Gasteiger partial charge in [0.25, 0.3) is 0 Å². The number of aliphatic hydroxyl groups is 1. The number of aliphatic hydroxyl groups excluding tert-OH is 1. The molecule has 0 amide bonds. The van der Waals surface area contributed by atoms with Gasteiger partial charge in [-0.3, -0.25) is 0 Å². The van der Waals surface area contributed by atoms with Crippen LogP contribution in [0.1, 0.15) is 29.0 Å². The van der Waals surface area contributed by atoms with Crippen molar-refractivity contribution in [3.8, 4) is 5.75 Å². The smallest absolute Gasteiger partial charge is 0.230 e. The lowest BCUT2D eigenvalue weighted by atomic mass is 9.85. The molecule has 3 rings (SSSR count). The van der Waals surface area contributed by atoms with E-state index in [2.05, 4.69) is 5.18 Å². The standard InChI is InChI=1S/C16H15NO3/c18-10-11-6-7-15-14(8-11)13(9-16(17-19)20-15)12-4-2-1-3-5-12/h1-8,13,16,18H,9-10H2. The maximum absolute atomic E-state index is 10.9. The molecule has 0 aromatic heterocycles. The van der Waals surface area contributed by atoms with Gasteiger partial charge in [0.1, 0.15) is 5.75 Å².